The smallest absolute Gasteiger partial charge is 0.275 e. The monoisotopic (exact) mass is 374 g/mol. The van der Waals surface area contributed by atoms with Crippen LogP contribution in [-0.2, 0) is 0 Å². The normalized spacial score (nSPS) is 10.8. The van der Waals surface area contributed by atoms with Crippen LogP contribution in [-0.4, -0.2) is 19.4 Å². The minimum Gasteiger partial charge on any atom is -0.319 e. The van der Waals surface area contributed by atoms with Crippen LogP contribution >= 0.6 is 12.4 Å². The number of aromatic amines is 1. The second kappa shape index (κ2) is 6.70. The molecule has 132 valence electrons. The molecule has 3 heterocycles. The van der Waals surface area contributed by atoms with Gasteiger partial charge in [-0.1, -0.05) is 42.5 Å². The molecule has 3 aromatic heterocycles. The Morgan fingerprint density at radius 3 is 2.37 bits per heavy atom. The highest BCUT2D eigenvalue weighted by Crippen LogP contribution is 2.29. The van der Waals surface area contributed by atoms with Crippen molar-refractivity contribution in [3.63, 3.8) is 0 Å². The average molecular weight is 375 g/mol. The van der Waals surface area contributed by atoms with Crippen LogP contribution in [0.15, 0.2) is 83.9 Å². The molecule has 0 bridgehead atoms. The topological polar surface area (TPSA) is 63.0 Å². The van der Waals surface area contributed by atoms with E-state index in [9.17, 15) is 4.79 Å². The summed E-state index contributed by atoms with van der Waals surface area (Å²) in [5.41, 5.74) is 4.47. The van der Waals surface area contributed by atoms with Gasteiger partial charge in [-0.25, -0.2) is 4.98 Å². The summed E-state index contributed by atoms with van der Waals surface area (Å²) < 4.78 is 1.92. The maximum atomic E-state index is 12.9. The molecular formula is C21H15ClN4O. The molecule has 5 nitrogen and oxygen atoms in total. The number of benzene rings is 2. The van der Waals surface area contributed by atoms with Crippen molar-refractivity contribution in [1.82, 2.24) is 19.4 Å². The Kier molecular flexibility index (Phi) is 4.22. The number of hydrogen-bond acceptors (Lipinski definition) is 3. The summed E-state index contributed by atoms with van der Waals surface area (Å²) in [5, 5.41) is 0. The SMILES string of the molecule is Cl.O=c1[nH]c2ccccc2n2c(-c3cccnc3)nc(-c3ccccc3)c12. The van der Waals surface area contributed by atoms with E-state index in [4.69, 9.17) is 4.98 Å². The Morgan fingerprint density at radius 1 is 0.852 bits per heavy atom. The molecule has 27 heavy (non-hydrogen) atoms. The first-order chi connectivity index (χ1) is 12.8. The van der Waals surface area contributed by atoms with Crippen LogP contribution in [0.5, 0.6) is 0 Å². The highest BCUT2D eigenvalue weighted by molar-refractivity contribution is 5.88. The average Bonchev–Trinajstić information content (AvgIpc) is 3.11. The molecule has 0 atom stereocenters. The number of fused-ring (bicyclic) bond motifs is 3. The molecule has 0 fully saturated rings. The molecule has 0 saturated heterocycles. The van der Waals surface area contributed by atoms with Crippen molar-refractivity contribution in [1.29, 1.82) is 0 Å². The van der Waals surface area contributed by atoms with E-state index in [1.165, 1.54) is 0 Å². The second-order valence-electron chi connectivity index (χ2n) is 6.05. The Balaban J connectivity index is 0.00000180. The molecule has 0 radical (unpaired) electrons. The zero-order valence-corrected chi connectivity index (χ0v) is 15.0. The number of imidazole rings is 1. The molecule has 0 aliphatic heterocycles. The van der Waals surface area contributed by atoms with Gasteiger partial charge in [-0.15, -0.1) is 12.4 Å². The molecule has 6 heteroatoms. The van der Waals surface area contributed by atoms with Crippen LogP contribution in [0.3, 0.4) is 0 Å². The summed E-state index contributed by atoms with van der Waals surface area (Å²) in [6.45, 7) is 0. The third-order valence-corrected chi connectivity index (χ3v) is 4.45. The summed E-state index contributed by atoms with van der Waals surface area (Å²) in [4.78, 5) is 24.9. The van der Waals surface area contributed by atoms with Crippen molar-refractivity contribution >= 4 is 29.0 Å². The molecule has 0 amide bonds. The molecule has 0 aliphatic carbocycles. The van der Waals surface area contributed by atoms with Crippen molar-refractivity contribution in [3.05, 3.63) is 89.5 Å². The Bertz CT molecular complexity index is 1290. The first-order valence-electron chi connectivity index (χ1n) is 8.32. The lowest BCUT2D eigenvalue weighted by atomic mass is 10.1. The van der Waals surface area contributed by atoms with Gasteiger partial charge in [0, 0.05) is 23.5 Å². The Hall–Kier alpha value is -3.44. The number of H-pyrrole nitrogens is 1. The van der Waals surface area contributed by atoms with Crippen LogP contribution < -0.4 is 5.56 Å². The first kappa shape index (κ1) is 17.0. The van der Waals surface area contributed by atoms with Gasteiger partial charge in [0.15, 0.2) is 0 Å². The van der Waals surface area contributed by atoms with Gasteiger partial charge >= 0.3 is 0 Å². The predicted molar refractivity (Wildman–Crippen MR) is 109 cm³/mol. The van der Waals surface area contributed by atoms with Crippen molar-refractivity contribution in [2.75, 3.05) is 0 Å². The Morgan fingerprint density at radius 2 is 1.59 bits per heavy atom. The van der Waals surface area contributed by atoms with E-state index in [-0.39, 0.29) is 18.0 Å². The Labute approximate surface area is 160 Å². The van der Waals surface area contributed by atoms with Gasteiger partial charge in [0.2, 0.25) is 0 Å². The van der Waals surface area contributed by atoms with Crippen molar-refractivity contribution in [3.8, 4) is 22.6 Å². The van der Waals surface area contributed by atoms with Gasteiger partial charge in [-0.05, 0) is 24.3 Å². The van der Waals surface area contributed by atoms with Crippen LogP contribution in [0, 0.1) is 0 Å². The largest absolute Gasteiger partial charge is 0.319 e. The molecule has 0 spiro atoms. The maximum absolute atomic E-state index is 12.9. The lowest BCUT2D eigenvalue weighted by Crippen LogP contribution is -2.11. The zero-order chi connectivity index (χ0) is 17.5. The van der Waals surface area contributed by atoms with Gasteiger partial charge in [0.25, 0.3) is 5.56 Å². The van der Waals surface area contributed by atoms with E-state index in [1.807, 2.05) is 71.1 Å². The number of nitrogens with zero attached hydrogens (tertiary/aromatic N) is 3. The van der Waals surface area contributed by atoms with E-state index < -0.39 is 0 Å². The number of rotatable bonds is 2. The van der Waals surface area contributed by atoms with Crippen molar-refractivity contribution in [2.24, 2.45) is 0 Å². The third kappa shape index (κ3) is 2.69. The van der Waals surface area contributed by atoms with Gasteiger partial charge in [-0.2, -0.15) is 0 Å². The zero-order valence-electron chi connectivity index (χ0n) is 14.2. The molecular weight excluding hydrogens is 360 g/mol. The summed E-state index contributed by atoms with van der Waals surface area (Å²) in [7, 11) is 0. The molecule has 1 N–H and O–H groups in total. The van der Waals surface area contributed by atoms with Crippen LogP contribution in [0.4, 0.5) is 0 Å². The predicted octanol–water partition coefficient (Wildman–Crippen LogP) is 4.33. The summed E-state index contributed by atoms with van der Waals surface area (Å²) in [6, 6.07) is 21.3. The van der Waals surface area contributed by atoms with Gasteiger partial charge in [-0.3, -0.25) is 14.2 Å². The van der Waals surface area contributed by atoms with E-state index in [2.05, 4.69) is 9.97 Å². The minimum absolute atomic E-state index is 0. The fourth-order valence-corrected chi connectivity index (χ4v) is 3.31. The number of aromatic nitrogens is 4. The number of para-hydroxylation sites is 2. The van der Waals surface area contributed by atoms with E-state index in [0.29, 0.717) is 17.0 Å². The summed E-state index contributed by atoms with van der Waals surface area (Å²) >= 11 is 0. The highest BCUT2D eigenvalue weighted by Gasteiger charge is 2.19. The van der Waals surface area contributed by atoms with Crippen molar-refractivity contribution < 1.29 is 0 Å². The number of hydrogen-bond donors (Lipinski definition) is 1. The van der Waals surface area contributed by atoms with Gasteiger partial charge < -0.3 is 4.98 Å². The second-order valence-corrected chi connectivity index (χ2v) is 6.05. The third-order valence-electron chi connectivity index (χ3n) is 4.45. The quantitative estimate of drug-likeness (QED) is 0.500. The first-order valence-corrected chi connectivity index (χ1v) is 8.32. The number of pyridine rings is 1. The minimum atomic E-state index is -0.162. The molecule has 2 aromatic carbocycles. The lowest BCUT2D eigenvalue weighted by Gasteiger charge is -2.05. The van der Waals surface area contributed by atoms with Crippen LogP contribution in [0.1, 0.15) is 0 Å². The van der Waals surface area contributed by atoms with E-state index in [0.717, 1.165) is 22.2 Å². The van der Waals surface area contributed by atoms with Crippen molar-refractivity contribution in [2.45, 2.75) is 0 Å². The highest BCUT2D eigenvalue weighted by atomic mass is 35.5. The molecule has 0 aliphatic rings. The maximum Gasteiger partial charge on any atom is 0.275 e. The van der Waals surface area contributed by atoms with E-state index in [1.54, 1.807) is 12.4 Å². The standard InChI is InChI=1S/C21H14N4O.ClH/c26-21-19-18(14-7-2-1-3-8-14)24-20(15-9-6-12-22-13-15)25(19)17-11-5-4-10-16(17)23-21;/h1-13H,(H,23,26);1H. The lowest BCUT2D eigenvalue weighted by molar-refractivity contribution is 1.16. The summed E-state index contributed by atoms with van der Waals surface area (Å²) in [6.07, 6.45) is 3.49. The van der Waals surface area contributed by atoms with Crippen LogP contribution in [0.2, 0.25) is 0 Å². The van der Waals surface area contributed by atoms with Gasteiger partial charge in [0.05, 0.1) is 11.0 Å². The molecule has 0 unspecified atom stereocenters. The molecule has 5 aromatic rings. The molecule has 5 rings (SSSR count). The summed E-state index contributed by atoms with van der Waals surface area (Å²) in [5.74, 6) is 0.703. The number of nitrogens with one attached hydrogen (secondary N) is 1. The van der Waals surface area contributed by atoms with Crippen LogP contribution in [0.25, 0.3) is 39.2 Å². The fourth-order valence-electron chi connectivity index (χ4n) is 3.31. The number of halogens is 1. The fraction of sp³-hybridized carbons (Fsp3) is 0. The molecule has 0 saturated carbocycles. The van der Waals surface area contributed by atoms with E-state index >= 15 is 0 Å². The van der Waals surface area contributed by atoms with Gasteiger partial charge in [0.1, 0.15) is 17.0 Å².